The van der Waals surface area contributed by atoms with Gasteiger partial charge in [-0.2, -0.15) is 5.10 Å². The van der Waals surface area contributed by atoms with Crippen LogP contribution in [0.15, 0.2) is 88.9 Å². The van der Waals surface area contributed by atoms with E-state index in [0.717, 1.165) is 15.6 Å². The summed E-state index contributed by atoms with van der Waals surface area (Å²) in [6.45, 7) is 7.50. The van der Waals surface area contributed by atoms with E-state index in [1.807, 2.05) is 32.0 Å². The van der Waals surface area contributed by atoms with Gasteiger partial charge in [0.25, 0.3) is 15.9 Å². The lowest BCUT2D eigenvalue weighted by Crippen LogP contribution is -2.39. The number of carbonyl (C=O) groups excluding carboxylic acids is 1. The number of carbonyl (C=O) groups is 1. The fraction of sp³-hybridized carbons (Fsp3) is 0.286. The molecule has 36 heavy (non-hydrogen) atoms. The molecule has 7 nitrogen and oxygen atoms in total. The maximum absolute atomic E-state index is 13.5. The van der Waals surface area contributed by atoms with Crippen molar-refractivity contribution in [1.82, 2.24) is 5.43 Å². The molecule has 0 fully saturated rings. The minimum Gasteiger partial charge on any atom is -0.497 e. The van der Waals surface area contributed by atoms with Crippen LogP contribution in [0.25, 0.3) is 0 Å². The van der Waals surface area contributed by atoms with Crippen molar-refractivity contribution in [3.05, 3.63) is 90.0 Å². The van der Waals surface area contributed by atoms with Gasteiger partial charge < -0.3 is 4.74 Å². The van der Waals surface area contributed by atoms with Crippen LogP contribution in [0.3, 0.4) is 0 Å². The van der Waals surface area contributed by atoms with Crippen LogP contribution in [-0.4, -0.2) is 33.7 Å². The highest BCUT2D eigenvalue weighted by atomic mass is 32.2. The lowest BCUT2D eigenvalue weighted by Gasteiger charge is -2.25. The second-order valence-corrected chi connectivity index (χ2v) is 11.2. The highest BCUT2D eigenvalue weighted by Gasteiger charge is 2.28. The summed E-state index contributed by atoms with van der Waals surface area (Å²) < 4.78 is 33.4. The molecule has 0 aliphatic heterocycles. The van der Waals surface area contributed by atoms with Gasteiger partial charge in [-0.15, -0.1) is 0 Å². The molecule has 3 aromatic carbocycles. The predicted octanol–water partition coefficient (Wildman–Crippen LogP) is 5.06. The van der Waals surface area contributed by atoms with Crippen molar-refractivity contribution in [1.29, 1.82) is 0 Å². The van der Waals surface area contributed by atoms with E-state index < -0.39 is 22.5 Å². The minimum absolute atomic E-state index is 0.0908. The summed E-state index contributed by atoms with van der Waals surface area (Å²) >= 11 is 0. The zero-order valence-electron chi connectivity index (χ0n) is 21.4. The average molecular weight is 508 g/mol. The molecule has 0 bridgehead atoms. The molecule has 3 rings (SSSR count). The molecule has 0 saturated heterocycles. The van der Waals surface area contributed by atoms with Gasteiger partial charge in [0.15, 0.2) is 0 Å². The monoisotopic (exact) mass is 507 g/mol. The zero-order chi connectivity index (χ0) is 26.3. The topological polar surface area (TPSA) is 88.1 Å². The number of hydrazone groups is 1. The van der Waals surface area contributed by atoms with Crippen molar-refractivity contribution in [2.24, 2.45) is 5.10 Å². The molecule has 8 heteroatoms. The predicted molar refractivity (Wildman–Crippen MR) is 144 cm³/mol. The largest absolute Gasteiger partial charge is 0.497 e. The van der Waals surface area contributed by atoms with Crippen molar-refractivity contribution >= 4 is 27.3 Å². The Bertz CT molecular complexity index is 1320. The molecule has 0 saturated carbocycles. The van der Waals surface area contributed by atoms with E-state index >= 15 is 0 Å². The summed E-state index contributed by atoms with van der Waals surface area (Å²) in [6.07, 6.45) is 0.624. The third-order valence-corrected chi connectivity index (χ3v) is 7.65. The molecule has 190 valence electrons. The number of nitrogens with zero attached hydrogens (tertiary/aromatic N) is 2. The molecule has 0 heterocycles. The smallest absolute Gasteiger partial charge is 0.264 e. The Labute approximate surface area is 213 Å². The minimum atomic E-state index is -4.03. The van der Waals surface area contributed by atoms with Gasteiger partial charge in [0.1, 0.15) is 12.3 Å². The van der Waals surface area contributed by atoms with Crippen molar-refractivity contribution in [2.45, 2.75) is 44.4 Å². The summed E-state index contributed by atoms with van der Waals surface area (Å²) in [6, 6.07) is 23.2. The lowest BCUT2D eigenvalue weighted by atomic mass is 9.80. The molecule has 0 radical (unpaired) electrons. The zero-order valence-corrected chi connectivity index (χ0v) is 22.2. The van der Waals surface area contributed by atoms with Gasteiger partial charge in [-0.25, -0.2) is 13.8 Å². The van der Waals surface area contributed by atoms with Gasteiger partial charge >= 0.3 is 0 Å². The molecule has 3 aromatic rings. The number of benzene rings is 3. The summed E-state index contributed by atoms with van der Waals surface area (Å²) in [5.41, 5.74) is 5.49. The first kappa shape index (κ1) is 26.9. The van der Waals surface area contributed by atoms with Gasteiger partial charge in [0.05, 0.1) is 17.7 Å². The van der Waals surface area contributed by atoms with E-state index in [-0.39, 0.29) is 10.3 Å². The number of rotatable bonds is 10. The molecule has 1 amide bonds. The number of anilines is 1. The number of methoxy groups -OCH3 is 1. The van der Waals surface area contributed by atoms with Gasteiger partial charge in [0.2, 0.25) is 0 Å². The fourth-order valence-electron chi connectivity index (χ4n) is 3.91. The number of sulfonamides is 1. The molecule has 0 aliphatic rings. The number of hydrogen-bond donors (Lipinski definition) is 1. The molecule has 0 atom stereocenters. The van der Waals surface area contributed by atoms with Crippen LogP contribution in [0.1, 0.15) is 38.3 Å². The lowest BCUT2D eigenvalue weighted by molar-refractivity contribution is -0.119. The highest BCUT2D eigenvalue weighted by molar-refractivity contribution is 7.92. The Kier molecular flexibility index (Phi) is 8.53. The maximum atomic E-state index is 13.5. The van der Waals surface area contributed by atoms with Crippen molar-refractivity contribution in [3.8, 4) is 5.75 Å². The number of amides is 1. The summed E-state index contributed by atoms with van der Waals surface area (Å²) in [7, 11) is -2.53. The number of nitrogens with one attached hydrogen (secondary N) is 1. The first-order chi connectivity index (χ1) is 17.0. The Balaban J connectivity index is 1.82. The maximum Gasteiger partial charge on any atom is 0.264 e. The SMILES string of the molecule is COc1cccc(N(CC(=O)NN=C(C)CC(C)(C)c2ccccc2)S(=O)(=O)c2ccc(C)cc2)c1. The fourth-order valence-corrected chi connectivity index (χ4v) is 5.33. The molecular weight excluding hydrogens is 474 g/mol. The Hall–Kier alpha value is -3.65. The number of aryl methyl sites for hydroxylation is 1. The van der Waals surface area contributed by atoms with Crippen LogP contribution in [0.4, 0.5) is 5.69 Å². The van der Waals surface area contributed by atoms with E-state index in [2.05, 4.69) is 36.5 Å². The Morgan fingerprint density at radius 1 is 1.00 bits per heavy atom. The summed E-state index contributed by atoms with van der Waals surface area (Å²) in [5.74, 6) is -0.0700. The van der Waals surface area contributed by atoms with Crippen LogP contribution in [0.2, 0.25) is 0 Å². The molecule has 0 spiro atoms. The van der Waals surface area contributed by atoms with E-state index in [4.69, 9.17) is 4.74 Å². The molecule has 1 N–H and O–H groups in total. The van der Waals surface area contributed by atoms with E-state index in [1.165, 1.54) is 24.8 Å². The van der Waals surface area contributed by atoms with Crippen LogP contribution in [0, 0.1) is 6.92 Å². The molecule has 0 unspecified atom stereocenters. The molecular formula is C28H33N3O4S. The second kappa shape index (κ2) is 11.4. The van der Waals surface area contributed by atoms with Crippen molar-refractivity contribution < 1.29 is 17.9 Å². The summed E-state index contributed by atoms with van der Waals surface area (Å²) in [4.78, 5) is 13.0. The van der Waals surface area contributed by atoms with Gasteiger partial charge in [-0.1, -0.05) is 67.9 Å². The quantitative estimate of drug-likeness (QED) is 0.307. The van der Waals surface area contributed by atoms with Crippen molar-refractivity contribution in [2.75, 3.05) is 18.0 Å². The van der Waals surface area contributed by atoms with Crippen LogP contribution in [-0.2, 0) is 20.2 Å². The Morgan fingerprint density at radius 2 is 1.67 bits per heavy atom. The third kappa shape index (κ3) is 6.73. The number of hydrogen-bond acceptors (Lipinski definition) is 5. The average Bonchev–Trinajstić information content (AvgIpc) is 2.86. The first-order valence-electron chi connectivity index (χ1n) is 11.6. The first-order valence-corrected chi connectivity index (χ1v) is 13.1. The highest BCUT2D eigenvalue weighted by Crippen LogP contribution is 2.28. The van der Waals surface area contributed by atoms with E-state index in [0.29, 0.717) is 17.9 Å². The normalized spacial score (nSPS) is 12.2. The van der Waals surface area contributed by atoms with Gasteiger partial charge in [-0.3, -0.25) is 9.10 Å². The Morgan fingerprint density at radius 3 is 2.31 bits per heavy atom. The number of ether oxygens (including phenoxy) is 1. The van der Waals surface area contributed by atoms with Gasteiger partial charge in [0, 0.05) is 11.8 Å². The second-order valence-electron chi connectivity index (χ2n) is 9.33. The molecule has 0 aliphatic carbocycles. The van der Waals surface area contributed by atoms with Crippen LogP contribution >= 0.6 is 0 Å². The standard InChI is InChI=1S/C28H33N3O4S/c1-21-14-16-26(17-15-21)36(33,34)31(24-12-9-13-25(18-24)35-5)20-27(32)30-29-22(2)19-28(3,4)23-10-7-6-8-11-23/h6-18H,19-20H2,1-5H3,(H,30,32). The van der Waals surface area contributed by atoms with Gasteiger partial charge in [-0.05, 0) is 55.5 Å². The molecule has 0 aromatic heterocycles. The van der Waals surface area contributed by atoms with E-state index in [1.54, 1.807) is 36.4 Å². The van der Waals surface area contributed by atoms with Crippen molar-refractivity contribution in [3.63, 3.8) is 0 Å². The van der Waals surface area contributed by atoms with E-state index in [9.17, 15) is 13.2 Å². The van der Waals surface area contributed by atoms with Crippen LogP contribution < -0.4 is 14.5 Å². The third-order valence-electron chi connectivity index (χ3n) is 5.86. The van der Waals surface area contributed by atoms with Crippen LogP contribution in [0.5, 0.6) is 5.75 Å². The summed E-state index contributed by atoms with van der Waals surface area (Å²) in [5, 5.41) is 4.25.